The second-order valence-electron chi connectivity index (χ2n) is 4.39. The number of rotatable bonds is 6. The Morgan fingerprint density at radius 3 is 2.62 bits per heavy atom. The molecule has 0 N–H and O–H groups in total. The first-order chi connectivity index (χ1) is 9.97. The predicted molar refractivity (Wildman–Crippen MR) is 84.0 cm³/mol. The molecule has 0 saturated carbocycles. The molecule has 0 bridgehead atoms. The van der Waals surface area contributed by atoms with E-state index in [1.165, 1.54) is 16.0 Å². The van der Waals surface area contributed by atoms with Crippen LogP contribution in [0.1, 0.15) is 34.9 Å². The zero-order chi connectivity index (χ0) is 15.6. The minimum Gasteiger partial charge on any atom is -0.291 e. The fourth-order valence-electron chi connectivity index (χ4n) is 2.15. The van der Waals surface area contributed by atoms with Gasteiger partial charge in [-0.25, -0.2) is 0 Å². The van der Waals surface area contributed by atoms with E-state index in [0.717, 1.165) is 3.79 Å². The maximum atomic E-state index is 12.2. The van der Waals surface area contributed by atoms with E-state index in [2.05, 4.69) is 21.0 Å². The van der Waals surface area contributed by atoms with Crippen LogP contribution >= 0.6 is 27.3 Å². The Morgan fingerprint density at radius 1 is 1.43 bits per heavy atom. The molecule has 0 aromatic carbocycles. The van der Waals surface area contributed by atoms with Gasteiger partial charge in [-0.1, -0.05) is 13.8 Å². The van der Waals surface area contributed by atoms with Crippen LogP contribution in [0.15, 0.2) is 15.9 Å². The van der Waals surface area contributed by atoms with E-state index < -0.39 is 4.92 Å². The molecule has 0 aliphatic heterocycles. The maximum absolute atomic E-state index is 12.2. The molecule has 0 atom stereocenters. The van der Waals surface area contributed by atoms with Crippen molar-refractivity contribution in [2.75, 3.05) is 0 Å². The Kier molecular flexibility index (Phi) is 4.89. The number of nitrogens with zero attached hydrogens (tertiary/aromatic N) is 3. The van der Waals surface area contributed by atoms with Crippen molar-refractivity contribution in [3.63, 3.8) is 0 Å². The standard InChI is InChI=1S/C13H14BrN3O3S/c1-3-8-13(17(19)20)9(4-2)16(15-8)7-10(18)11-5-6-12(14)21-11/h5-6H,3-4,7H2,1-2H3. The van der Waals surface area contributed by atoms with Crippen molar-refractivity contribution in [3.8, 4) is 0 Å². The number of aromatic nitrogens is 2. The van der Waals surface area contributed by atoms with E-state index in [9.17, 15) is 14.9 Å². The summed E-state index contributed by atoms with van der Waals surface area (Å²) in [5, 5.41) is 15.4. The minimum atomic E-state index is -0.409. The molecule has 8 heteroatoms. The zero-order valence-electron chi connectivity index (χ0n) is 11.6. The lowest BCUT2D eigenvalue weighted by atomic mass is 10.2. The first kappa shape index (κ1) is 15.8. The average molecular weight is 372 g/mol. The van der Waals surface area contributed by atoms with Crippen molar-refractivity contribution in [1.82, 2.24) is 9.78 Å². The molecule has 0 amide bonds. The van der Waals surface area contributed by atoms with E-state index in [4.69, 9.17) is 0 Å². The predicted octanol–water partition coefficient (Wildman–Crippen LogP) is 3.62. The van der Waals surface area contributed by atoms with Gasteiger partial charge < -0.3 is 0 Å². The normalized spacial score (nSPS) is 10.8. The van der Waals surface area contributed by atoms with Crippen molar-refractivity contribution in [3.05, 3.63) is 42.3 Å². The Balaban J connectivity index is 2.36. The molecule has 6 nitrogen and oxygen atoms in total. The molecule has 0 saturated heterocycles. The largest absolute Gasteiger partial charge is 0.313 e. The molecular weight excluding hydrogens is 358 g/mol. The number of thiophene rings is 1. The first-order valence-corrected chi connectivity index (χ1v) is 8.10. The van der Waals surface area contributed by atoms with Crippen LogP contribution in [0, 0.1) is 10.1 Å². The zero-order valence-corrected chi connectivity index (χ0v) is 14.0. The van der Waals surface area contributed by atoms with Gasteiger partial charge in [0, 0.05) is 0 Å². The van der Waals surface area contributed by atoms with Crippen molar-refractivity contribution in [2.45, 2.75) is 33.2 Å². The number of aryl methyl sites for hydroxylation is 1. The Hall–Kier alpha value is -1.54. The highest BCUT2D eigenvalue weighted by atomic mass is 79.9. The number of Topliss-reactive ketones (excluding diaryl/α,β-unsaturated/α-hetero) is 1. The SMILES string of the molecule is CCc1nn(CC(=O)c2ccc(Br)s2)c(CC)c1[N+](=O)[O-]. The van der Waals surface area contributed by atoms with Crippen LogP contribution in [0.4, 0.5) is 5.69 Å². The summed E-state index contributed by atoms with van der Waals surface area (Å²) in [6.45, 7) is 3.67. The third-order valence-electron chi connectivity index (χ3n) is 3.09. The van der Waals surface area contributed by atoms with Crippen LogP contribution in [0.2, 0.25) is 0 Å². The van der Waals surface area contributed by atoms with E-state index in [1.807, 2.05) is 19.9 Å². The summed E-state index contributed by atoms with van der Waals surface area (Å²) in [7, 11) is 0. The Morgan fingerprint density at radius 2 is 2.14 bits per heavy atom. The van der Waals surface area contributed by atoms with Gasteiger partial charge in [-0.05, 0) is 40.9 Å². The van der Waals surface area contributed by atoms with Crippen LogP contribution in [-0.4, -0.2) is 20.5 Å². The van der Waals surface area contributed by atoms with E-state index in [1.54, 1.807) is 6.07 Å². The van der Waals surface area contributed by atoms with Gasteiger partial charge in [0.15, 0.2) is 5.78 Å². The lowest BCUT2D eigenvalue weighted by molar-refractivity contribution is -0.386. The van der Waals surface area contributed by atoms with Gasteiger partial charge in [-0.15, -0.1) is 11.3 Å². The number of halogens is 1. The minimum absolute atomic E-state index is 0.0248. The summed E-state index contributed by atoms with van der Waals surface area (Å²) < 4.78 is 2.34. The summed E-state index contributed by atoms with van der Waals surface area (Å²) >= 11 is 4.66. The third kappa shape index (κ3) is 3.21. The fraction of sp³-hybridized carbons (Fsp3) is 0.385. The van der Waals surface area contributed by atoms with Crippen LogP contribution in [0.5, 0.6) is 0 Å². The molecule has 112 valence electrons. The first-order valence-electron chi connectivity index (χ1n) is 6.49. The van der Waals surface area contributed by atoms with Gasteiger partial charge in [0.25, 0.3) is 0 Å². The summed E-state index contributed by atoms with van der Waals surface area (Å²) in [5.41, 5.74) is 0.970. The van der Waals surface area contributed by atoms with Gasteiger partial charge in [-0.3, -0.25) is 19.6 Å². The van der Waals surface area contributed by atoms with Crippen molar-refractivity contribution in [2.24, 2.45) is 0 Å². The summed E-state index contributed by atoms with van der Waals surface area (Å²) in [6, 6.07) is 3.54. The van der Waals surface area contributed by atoms with Crippen LogP contribution in [-0.2, 0) is 19.4 Å². The molecule has 2 aromatic heterocycles. The quantitative estimate of drug-likeness (QED) is 0.441. The smallest absolute Gasteiger partial charge is 0.291 e. The number of hydrogen-bond donors (Lipinski definition) is 0. The Bertz CT molecular complexity index is 693. The van der Waals surface area contributed by atoms with Crippen LogP contribution in [0.25, 0.3) is 0 Å². The topological polar surface area (TPSA) is 78.0 Å². The van der Waals surface area contributed by atoms with Gasteiger partial charge in [-0.2, -0.15) is 5.10 Å². The van der Waals surface area contributed by atoms with Crippen LogP contribution in [0.3, 0.4) is 0 Å². The number of nitro groups is 1. The lowest BCUT2D eigenvalue weighted by Crippen LogP contribution is -2.13. The number of carbonyl (C=O) groups is 1. The second-order valence-corrected chi connectivity index (χ2v) is 6.85. The van der Waals surface area contributed by atoms with Crippen LogP contribution < -0.4 is 0 Å². The molecule has 0 aliphatic carbocycles. The van der Waals surface area contributed by atoms with Gasteiger partial charge in [0.1, 0.15) is 17.9 Å². The number of hydrogen-bond acceptors (Lipinski definition) is 5. The van der Waals surface area contributed by atoms with Gasteiger partial charge in [0.05, 0.1) is 13.6 Å². The third-order valence-corrected chi connectivity index (χ3v) is 4.76. The molecular formula is C13H14BrN3O3S. The van der Waals surface area contributed by atoms with E-state index in [0.29, 0.717) is 29.1 Å². The number of carbonyl (C=O) groups excluding carboxylic acids is 1. The van der Waals surface area contributed by atoms with Gasteiger partial charge in [0.2, 0.25) is 0 Å². The fourth-order valence-corrected chi connectivity index (χ4v) is 3.47. The summed E-state index contributed by atoms with van der Waals surface area (Å²) in [5.74, 6) is -0.0968. The van der Waals surface area contributed by atoms with Crippen molar-refractivity contribution < 1.29 is 9.72 Å². The molecule has 2 aromatic rings. The number of ketones is 1. The Labute approximate surface area is 134 Å². The maximum Gasteiger partial charge on any atom is 0.313 e. The molecule has 0 aliphatic rings. The molecule has 2 heterocycles. The van der Waals surface area contributed by atoms with E-state index in [-0.39, 0.29) is 18.0 Å². The average Bonchev–Trinajstić information content (AvgIpc) is 3.01. The molecule has 0 radical (unpaired) electrons. The highest BCUT2D eigenvalue weighted by Gasteiger charge is 2.26. The second kappa shape index (κ2) is 6.48. The van der Waals surface area contributed by atoms with E-state index >= 15 is 0 Å². The summed E-state index contributed by atoms with van der Waals surface area (Å²) in [4.78, 5) is 23.6. The lowest BCUT2D eigenvalue weighted by Gasteiger charge is -2.03. The molecule has 21 heavy (non-hydrogen) atoms. The van der Waals surface area contributed by atoms with Crippen molar-refractivity contribution in [1.29, 1.82) is 0 Å². The highest BCUT2D eigenvalue weighted by Crippen LogP contribution is 2.26. The molecule has 0 spiro atoms. The highest BCUT2D eigenvalue weighted by molar-refractivity contribution is 9.11. The molecule has 0 unspecified atom stereocenters. The molecule has 0 fully saturated rings. The van der Waals surface area contributed by atoms with Crippen molar-refractivity contribution >= 4 is 38.7 Å². The monoisotopic (exact) mass is 371 g/mol. The molecule has 2 rings (SSSR count). The van der Waals surface area contributed by atoms with Gasteiger partial charge >= 0.3 is 5.69 Å². The summed E-state index contributed by atoms with van der Waals surface area (Å²) in [6.07, 6.45) is 0.930.